The average molecular weight is 392 g/mol. The molecule has 5 rings (SSSR count). The Bertz CT molecular complexity index is 877. The van der Waals surface area contributed by atoms with Crippen LogP contribution in [0.1, 0.15) is 27.2 Å². The second-order valence-electron chi connectivity index (χ2n) is 9.20. The topological polar surface area (TPSA) is 134 Å². The van der Waals surface area contributed by atoms with Gasteiger partial charge in [-0.2, -0.15) is 0 Å². The molecule has 2 heterocycles. The van der Waals surface area contributed by atoms with Gasteiger partial charge in [-0.15, -0.1) is 0 Å². The van der Waals surface area contributed by atoms with Gasteiger partial charge in [0.05, 0.1) is 12.0 Å². The highest BCUT2D eigenvalue weighted by atomic mass is 16.7. The van der Waals surface area contributed by atoms with Crippen LogP contribution in [0.4, 0.5) is 0 Å². The third kappa shape index (κ3) is 1.57. The van der Waals surface area contributed by atoms with Gasteiger partial charge in [0.2, 0.25) is 17.4 Å². The number of rotatable bonds is 1. The summed E-state index contributed by atoms with van der Waals surface area (Å²) in [6.45, 7) is 4.51. The normalized spacial score (nSPS) is 56.6. The Morgan fingerprint density at radius 3 is 2.61 bits per heavy atom. The fourth-order valence-electron chi connectivity index (χ4n) is 7.06. The molecule has 3 fully saturated rings. The quantitative estimate of drug-likeness (QED) is 0.435. The van der Waals surface area contributed by atoms with Gasteiger partial charge in [0.1, 0.15) is 12.2 Å². The monoisotopic (exact) mass is 392 g/mol. The minimum atomic E-state index is -2.40. The Labute approximate surface area is 161 Å². The third-order valence-corrected chi connectivity index (χ3v) is 8.22. The molecule has 0 spiro atoms. The van der Waals surface area contributed by atoms with Crippen LogP contribution in [0.5, 0.6) is 0 Å². The summed E-state index contributed by atoms with van der Waals surface area (Å²) in [6, 6.07) is 0. The molecular formula is C20H24O8. The number of hydrogen-bond donors (Lipinski definition) is 4. The molecule has 0 amide bonds. The zero-order valence-corrected chi connectivity index (χ0v) is 15.9. The number of esters is 1. The molecule has 0 aromatic carbocycles. The molecular weight excluding hydrogens is 368 g/mol. The van der Waals surface area contributed by atoms with Gasteiger partial charge in [0.25, 0.3) is 0 Å². The van der Waals surface area contributed by atoms with E-state index in [1.54, 1.807) is 26.8 Å². The highest BCUT2D eigenvalue weighted by Gasteiger charge is 2.85. The number of ketones is 1. The smallest absolute Gasteiger partial charge is 0.306 e. The van der Waals surface area contributed by atoms with E-state index in [4.69, 9.17) is 9.47 Å². The van der Waals surface area contributed by atoms with Crippen molar-refractivity contribution in [3.05, 3.63) is 23.3 Å². The first kappa shape index (κ1) is 18.4. The van der Waals surface area contributed by atoms with Gasteiger partial charge < -0.3 is 29.9 Å². The van der Waals surface area contributed by atoms with Crippen molar-refractivity contribution in [2.75, 3.05) is 6.61 Å². The predicted molar refractivity (Wildman–Crippen MR) is 92.1 cm³/mol. The van der Waals surface area contributed by atoms with Gasteiger partial charge in [-0.1, -0.05) is 6.92 Å². The number of aliphatic hydroxyl groups excluding tert-OH is 2. The van der Waals surface area contributed by atoms with Gasteiger partial charge in [0.15, 0.2) is 0 Å². The van der Waals surface area contributed by atoms with Gasteiger partial charge >= 0.3 is 5.97 Å². The van der Waals surface area contributed by atoms with Crippen molar-refractivity contribution >= 4 is 11.8 Å². The van der Waals surface area contributed by atoms with Crippen molar-refractivity contribution < 1.29 is 39.5 Å². The van der Waals surface area contributed by atoms with Crippen molar-refractivity contribution in [2.24, 2.45) is 28.6 Å². The van der Waals surface area contributed by atoms with Crippen LogP contribution in [0.3, 0.4) is 0 Å². The summed E-state index contributed by atoms with van der Waals surface area (Å²) in [6.07, 6.45) is 0.522. The fourth-order valence-corrected chi connectivity index (χ4v) is 7.06. The molecule has 8 nitrogen and oxygen atoms in total. The Hall–Kier alpha value is -1.58. The van der Waals surface area contributed by atoms with E-state index in [2.05, 4.69) is 0 Å². The summed E-state index contributed by atoms with van der Waals surface area (Å²) in [5.74, 6) is -8.10. The largest absolute Gasteiger partial charge is 0.457 e. The zero-order valence-electron chi connectivity index (χ0n) is 15.9. The molecule has 28 heavy (non-hydrogen) atoms. The summed E-state index contributed by atoms with van der Waals surface area (Å²) in [5, 5.41) is 44.6. The van der Waals surface area contributed by atoms with Crippen molar-refractivity contribution in [1.29, 1.82) is 0 Å². The second kappa shape index (κ2) is 4.94. The maximum Gasteiger partial charge on any atom is 0.306 e. The van der Waals surface area contributed by atoms with Crippen molar-refractivity contribution in [3.63, 3.8) is 0 Å². The van der Waals surface area contributed by atoms with E-state index in [1.165, 1.54) is 6.08 Å². The first-order valence-electron chi connectivity index (χ1n) is 9.57. The lowest BCUT2D eigenvalue weighted by molar-refractivity contribution is -0.359. The molecule has 0 radical (unpaired) electrons. The number of aliphatic hydroxyl groups is 4. The SMILES string of the molecule is CC1=CC(=O)C2(O)OC3(O)C(O)C(C)C4CC(=O)OC5C=C1C2(C)C3C54CO. The van der Waals surface area contributed by atoms with Crippen LogP contribution in [-0.4, -0.2) is 62.6 Å². The predicted octanol–water partition coefficient (Wildman–Crippen LogP) is -0.594. The standard InChI is InChI=1S/C20H24O8/c1-8-4-12(22)20(26)17(3)10(8)5-13-18(7-21)11(6-14(23)27-13)9(2)15(24)19(25,28-20)16(17)18/h4-5,9,11,13,15-16,21,24-26H,6-7H2,1-3H3. The summed E-state index contributed by atoms with van der Waals surface area (Å²) in [4.78, 5) is 25.1. The van der Waals surface area contributed by atoms with Crippen LogP contribution < -0.4 is 0 Å². The van der Waals surface area contributed by atoms with Crippen LogP contribution in [0.25, 0.3) is 0 Å². The maximum absolute atomic E-state index is 12.8. The van der Waals surface area contributed by atoms with E-state index in [-0.39, 0.29) is 6.42 Å². The Morgan fingerprint density at radius 1 is 1.29 bits per heavy atom. The Morgan fingerprint density at radius 2 is 1.96 bits per heavy atom. The van der Waals surface area contributed by atoms with Gasteiger partial charge in [-0.25, -0.2) is 0 Å². The van der Waals surface area contributed by atoms with E-state index < -0.39 is 70.7 Å². The van der Waals surface area contributed by atoms with Crippen molar-refractivity contribution in [3.8, 4) is 0 Å². The molecule has 1 saturated carbocycles. The fraction of sp³-hybridized carbons (Fsp3) is 0.700. The number of carbonyl (C=O) groups excluding carboxylic acids is 2. The molecule has 5 aliphatic rings. The summed E-state index contributed by atoms with van der Waals surface area (Å²) in [7, 11) is 0. The molecule has 2 aliphatic heterocycles. The number of ether oxygens (including phenoxy) is 2. The van der Waals surface area contributed by atoms with E-state index in [1.807, 2.05) is 0 Å². The Balaban J connectivity index is 1.90. The number of hydrogen-bond acceptors (Lipinski definition) is 8. The van der Waals surface area contributed by atoms with E-state index in [0.29, 0.717) is 11.1 Å². The lowest BCUT2D eigenvalue weighted by Crippen LogP contribution is -2.74. The van der Waals surface area contributed by atoms with E-state index >= 15 is 0 Å². The molecule has 0 aromatic rings. The van der Waals surface area contributed by atoms with Crippen molar-refractivity contribution in [2.45, 2.75) is 51.0 Å². The summed E-state index contributed by atoms with van der Waals surface area (Å²) < 4.78 is 11.3. The van der Waals surface area contributed by atoms with Gasteiger partial charge in [0, 0.05) is 17.8 Å². The highest BCUT2D eigenvalue weighted by molar-refractivity contribution is 6.00. The van der Waals surface area contributed by atoms with Crippen LogP contribution in [-0.2, 0) is 19.1 Å². The van der Waals surface area contributed by atoms with Gasteiger partial charge in [-0.3, -0.25) is 9.59 Å². The summed E-state index contributed by atoms with van der Waals surface area (Å²) in [5.41, 5.74) is -1.57. The minimum Gasteiger partial charge on any atom is -0.457 e. The summed E-state index contributed by atoms with van der Waals surface area (Å²) >= 11 is 0. The van der Waals surface area contributed by atoms with E-state index in [9.17, 15) is 30.0 Å². The molecule has 9 unspecified atom stereocenters. The molecule has 8 heteroatoms. The van der Waals surface area contributed by atoms with Crippen LogP contribution in [0.2, 0.25) is 0 Å². The van der Waals surface area contributed by atoms with Crippen LogP contribution in [0, 0.1) is 28.6 Å². The lowest BCUT2D eigenvalue weighted by Gasteiger charge is -2.65. The number of allylic oxidation sites excluding steroid dienone is 1. The first-order chi connectivity index (χ1) is 13.0. The zero-order chi connectivity index (χ0) is 20.4. The number of carbonyl (C=O) groups is 2. The van der Waals surface area contributed by atoms with Crippen LogP contribution in [0.15, 0.2) is 23.3 Å². The van der Waals surface area contributed by atoms with Gasteiger partial charge in [-0.05, 0) is 49.0 Å². The highest BCUT2D eigenvalue weighted by Crippen LogP contribution is 2.74. The molecule has 2 saturated heterocycles. The second-order valence-corrected chi connectivity index (χ2v) is 9.20. The molecule has 0 bridgehead atoms. The lowest BCUT2D eigenvalue weighted by atomic mass is 9.40. The average Bonchev–Trinajstić information content (AvgIpc) is 2.83. The molecule has 9 atom stereocenters. The molecule has 4 N–H and O–H groups in total. The molecule has 0 aromatic heterocycles. The molecule has 3 aliphatic carbocycles. The molecule has 152 valence electrons. The first-order valence-corrected chi connectivity index (χ1v) is 9.57. The maximum atomic E-state index is 12.8. The van der Waals surface area contributed by atoms with E-state index in [0.717, 1.165) is 0 Å². The Kier molecular flexibility index (Phi) is 3.25. The third-order valence-electron chi connectivity index (χ3n) is 8.22. The van der Waals surface area contributed by atoms with Crippen LogP contribution >= 0.6 is 0 Å². The minimum absolute atomic E-state index is 0.0394. The van der Waals surface area contributed by atoms with Crippen molar-refractivity contribution in [1.82, 2.24) is 0 Å².